The van der Waals surface area contributed by atoms with Crippen molar-refractivity contribution in [3.63, 3.8) is 0 Å². The maximum Gasteiger partial charge on any atom is 0.224 e. The summed E-state index contributed by atoms with van der Waals surface area (Å²) in [6, 6.07) is 0.484. The molecule has 3 rings (SSSR count). The third kappa shape index (κ3) is 2.97. The van der Waals surface area contributed by atoms with Crippen molar-refractivity contribution in [2.24, 2.45) is 0 Å². The first-order valence-corrected chi connectivity index (χ1v) is 7.74. The Morgan fingerprint density at radius 1 is 1.09 bits per heavy atom. The van der Waals surface area contributed by atoms with Gasteiger partial charge in [0.25, 0.3) is 0 Å². The highest BCUT2D eigenvalue weighted by Crippen LogP contribution is 2.32. The maximum atomic E-state index is 5.46. The van der Waals surface area contributed by atoms with Gasteiger partial charge < -0.3 is 14.2 Å². The lowest BCUT2D eigenvalue weighted by Gasteiger charge is -2.29. The predicted molar refractivity (Wildman–Crippen MR) is 85.9 cm³/mol. The Labute approximate surface area is 131 Å². The second-order valence-corrected chi connectivity index (χ2v) is 5.99. The Balaban J connectivity index is 1.80. The largest absolute Gasteiger partial charge is 0.381 e. The third-order valence-electron chi connectivity index (χ3n) is 4.34. The summed E-state index contributed by atoms with van der Waals surface area (Å²) < 4.78 is 7.72. The molecule has 0 amide bonds. The van der Waals surface area contributed by atoms with Crippen LogP contribution in [0, 0.1) is 0 Å². The number of methoxy groups -OCH3 is 1. The van der Waals surface area contributed by atoms with E-state index in [4.69, 9.17) is 4.74 Å². The molecule has 6 heteroatoms. The highest BCUT2D eigenvalue weighted by Gasteiger charge is 2.24. The van der Waals surface area contributed by atoms with E-state index < -0.39 is 0 Å². The third-order valence-corrected chi connectivity index (χ3v) is 4.34. The first kappa shape index (κ1) is 15.0. The van der Waals surface area contributed by atoms with E-state index >= 15 is 0 Å². The highest BCUT2D eigenvalue weighted by molar-refractivity contribution is 5.54. The smallest absolute Gasteiger partial charge is 0.224 e. The zero-order valence-corrected chi connectivity index (χ0v) is 13.4. The summed E-state index contributed by atoms with van der Waals surface area (Å²) in [6.45, 7) is 0. The molecule has 0 bridgehead atoms. The van der Waals surface area contributed by atoms with E-state index in [0.717, 1.165) is 37.1 Å². The van der Waals surface area contributed by atoms with Crippen LogP contribution < -0.4 is 4.90 Å². The summed E-state index contributed by atoms with van der Waals surface area (Å²) in [5.41, 5.74) is 0.962. The van der Waals surface area contributed by atoms with Gasteiger partial charge in [0, 0.05) is 52.0 Å². The minimum absolute atomic E-state index is 0.408. The molecule has 1 saturated carbocycles. The lowest BCUT2D eigenvalue weighted by atomic mass is 9.92. The number of nitrogens with zero attached hydrogens (tertiary/aromatic N) is 5. The van der Waals surface area contributed by atoms with Crippen molar-refractivity contribution in [1.29, 1.82) is 0 Å². The van der Waals surface area contributed by atoms with Crippen LogP contribution in [0.1, 0.15) is 31.7 Å². The van der Waals surface area contributed by atoms with Crippen molar-refractivity contribution in [3.8, 4) is 11.4 Å². The molecule has 1 fully saturated rings. The molecule has 0 unspecified atom stereocenters. The van der Waals surface area contributed by atoms with Gasteiger partial charge in [-0.05, 0) is 25.7 Å². The highest BCUT2D eigenvalue weighted by atomic mass is 16.5. The monoisotopic (exact) mass is 301 g/mol. The van der Waals surface area contributed by atoms with Gasteiger partial charge in [0.15, 0.2) is 0 Å². The minimum atomic E-state index is 0.408. The van der Waals surface area contributed by atoms with Crippen molar-refractivity contribution in [2.45, 2.75) is 37.8 Å². The van der Waals surface area contributed by atoms with Crippen molar-refractivity contribution >= 4 is 5.95 Å². The number of rotatable bonds is 4. The molecule has 6 nitrogen and oxygen atoms in total. The van der Waals surface area contributed by atoms with Gasteiger partial charge in [0.1, 0.15) is 5.82 Å². The van der Waals surface area contributed by atoms with Gasteiger partial charge in [-0.1, -0.05) is 0 Å². The summed E-state index contributed by atoms with van der Waals surface area (Å²) in [6.07, 6.45) is 12.5. The average Bonchev–Trinajstić information content (AvgIpc) is 3.04. The van der Waals surface area contributed by atoms with Gasteiger partial charge in [0.2, 0.25) is 5.95 Å². The van der Waals surface area contributed by atoms with Gasteiger partial charge in [-0.15, -0.1) is 0 Å². The Hall–Kier alpha value is -1.95. The van der Waals surface area contributed by atoms with E-state index in [-0.39, 0.29) is 0 Å². The van der Waals surface area contributed by atoms with Crippen molar-refractivity contribution < 1.29 is 4.74 Å². The summed E-state index contributed by atoms with van der Waals surface area (Å²) in [5, 5.41) is 0. The van der Waals surface area contributed by atoms with Gasteiger partial charge >= 0.3 is 0 Å². The van der Waals surface area contributed by atoms with Crippen LogP contribution >= 0.6 is 0 Å². The van der Waals surface area contributed by atoms with Crippen molar-refractivity contribution in [1.82, 2.24) is 19.5 Å². The molecule has 0 saturated heterocycles. The normalized spacial score (nSPS) is 21.8. The van der Waals surface area contributed by atoms with Gasteiger partial charge in [-0.3, -0.25) is 0 Å². The summed E-state index contributed by atoms with van der Waals surface area (Å²) in [4.78, 5) is 15.2. The molecule has 0 aromatic carbocycles. The fourth-order valence-electron chi connectivity index (χ4n) is 3.06. The van der Waals surface area contributed by atoms with E-state index in [1.165, 1.54) is 0 Å². The average molecular weight is 301 g/mol. The van der Waals surface area contributed by atoms with E-state index in [0.29, 0.717) is 18.1 Å². The van der Waals surface area contributed by atoms with Crippen LogP contribution in [0.25, 0.3) is 11.4 Å². The molecular weight excluding hydrogens is 278 g/mol. The molecule has 0 spiro atoms. The Morgan fingerprint density at radius 3 is 2.36 bits per heavy atom. The van der Waals surface area contributed by atoms with Crippen LogP contribution in [0.2, 0.25) is 0 Å². The van der Waals surface area contributed by atoms with Crippen LogP contribution in [0.3, 0.4) is 0 Å². The molecule has 0 aliphatic heterocycles. The lowest BCUT2D eigenvalue weighted by Crippen LogP contribution is -2.22. The number of ether oxygens (including phenoxy) is 1. The maximum absolute atomic E-state index is 5.46. The van der Waals surface area contributed by atoms with Crippen LogP contribution in [-0.4, -0.2) is 46.8 Å². The second kappa shape index (κ2) is 6.44. The van der Waals surface area contributed by atoms with Crippen LogP contribution in [-0.2, 0) is 4.74 Å². The molecule has 2 aromatic heterocycles. The number of imidazole rings is 1. The van der Waals surface area contributed by atoms with E-state index in [1.807, 2.05) is 37.6 Å². The van der Waals surface area contributed by atoms with E-state index in [2.05, 4.69) is 25.7 Å². The standard InChI is InChI=1S/C16H23N5O/c1-20(2)16-18-10-12(11-19-16)15-17-8-9-21(15)13-4-6-14(22-3)7-5-13/h8-11,13-14H,4-7H2,1-3H3. The molecule has 1 aliphatic rings. The molecule has 2 heterocycles. The predicted octanol–water partition coefficient (Wildman–Crippen LogP) is 2.54. The number of hydrogen-bond donors (Lipinski definition) is 0. The zero-order chi connectivity index (χ0) is 15.5. The fourth-order valence-corrected chi connectivity index (χ4v) is 3.06. The first-order chi connectivity index (χ1) is 10.7. The van der Waals surface area contributed by atoms with Crippen molar-refractivity contribution in [2.75, 3.05) is 26.1 Å². The molecule has 0 atom stereocenters. The van der Waals surface area contributed by atoms with Gasteiger partial charge in [-0.2, -0.15) is 0 Å². The fraction of sp³-hybridized carbons (Fsp3) is 0.562. The molecule has 0 N–H and O–H groups in total. The van der Waals surface area contributed by atoms with Gasteiger partial charge in [0.05, 0.1) is 11.7 Å². The Morgan fingerprint density at radius 2 is 1.77 bits per heavy atom. The number of anilines is 1. The van der Waals surface area contributed by atoms with Crippen LogP contribution in [0.4, 0.5) is 5.95 Å². The quantitative estimate of drug-likeness (QED) is 0.868. The molecular formula is C16H23N5O. The molecule has 2 aromatic rings. The SMILES string of the molecule is COC1CCC(n2ccnc2-c2cnc(N(C)C)nc2)CC1. The van der Waals surface area contributed by atoms with Crippen LogP contribution in [0.15, 0.2) is 24.8 Å². The Kier molecular flexibility index (Phi) is 4.38. The number of aromatic nitrogens is 4. The zero-order valence-electron chi connectivity index (χ0n) is 13.4. The van der Waals surface area contributed by atoms with E-state index in [9.17, 15) is 0 Å². The molecule has 118 valence electrons. The number of hydrogen-bond acceptors (Lipinski definition) is 5. The first-order valence-electron chi connectivity index (χ1n) is 7.74. The van der Waals surface area contributed by atoms with Crippen LogP contribution in [0.5, 0.6) is 0 Å². The van der Waals surface area contributed by atoms with Crippen molar-refractivity contribution in [3.05, 3.63) is 24.8 Å². The second-order valence-electron chi connectivity index (χ2n) is 5.99. The molecule has 22 heavy (non-hydrogen) atoms. The molecule has 1 aliphatic carbocycles. The summed E-state index contributed by atoms with van der Waals surface area (Å²) in [7, 11) is 5.67. The van der Waals surface area contributed by atoms with Gasteiger partial charge in [-0.25, -0.2) is 15.0 Å². The molecule has 0 radical (unpaired) electrons. The summed E-state index contributed by atoms with van der Waals surface area (Å²) >= 11 is 0. The lowest BCUT2D eigenvalue weighted by molar-refractivity contribution is 0.0586. The Bertz CT molecular complexity index is 599. The topological polar surface area (TPSA) is 56.1 Å². The van der Waals surface area contributed by atoms with E-state index in [1.54, 1.807) is 7.11 Å². The summed E-state index contributed by atoms with van der Waals surface area (Å²) in [5.74, 6) is 1.66. The minimum Gasteiger partial charge on any atom is -0.381 e.